The second kappa shape index (κ2) is 4.76. The fraction of sp³-hybridized carbons (Fsp3) is 0.273. The van der Waals surface area contributed by atoms with E-state index in [-0.39, 0.29) is 11.5 Å². The van der Waals surface area contributed by atoms with Gasteiger partial charge in [-0.2, -0.15) is 0 Å². The number of rotatable bonds is 3. The molecule has 0 bridgehead atoms. The maximum atomic E-state index is 11.4. The molecule has 5 nitrogen and oxygen atoms in total. The lowest BCUT2D eigenvalue weighted by Gasteiger charge is -2.10. The Labute approximate surface area is 93.3 Å². The molecule has 0 aliphatic rings. The fourth-order valence-electron chi connectivity index (χ4n) is 1.14. The number of carbonyl (C=O) groups excluding carboxylic acids is 1. The Hall–Kier alpha value is -1.88. The zero-order valence-corrected chi connectivity index (χ0v) is 9.15. The normalized spacial score (nSPS) is 11.9. The number of hydrogen-bond acceptors (Lipinski definition) is 3. The summed E-state index contributed by atoms with van der Waals surface area (Å²) in [6.07, 6.45) is 0. The van der Waals surface area contributed by atoms with Crippen molar-refractivity contribution in [2.45, 2.75) is 19.9 Å². The van der Waals surface area contributed by atoms with Crippen LogP contribution in [0.15, 0.2) is 18.2 Å². The summed E-state index contributed by atoms with van der Waals surface area (Å²) in [5.41, 5.74) is 6.80. The molecule has 16 heavy (non-hydrogen) atoms. The molecule has 1 amide bonds. The van der Waals surface area contributed by atoms with Crippen LogP contribution in [0.5, 0.6) is 0 Å². The summed E-state index contributed by atoms with van der Waals surface area (Å²) in [5, 5.41) is 11.4. The van der Waals surface area contributed by atoms with Crippen molar-refractivity contribution < 1.29 is 14.7 Å². The van der Waals surface area contributed by atoms with Crippen molar-refractivity contribution in [1.82, 2.24) is 0 Å². The molecule has 0 saturated carbocycles. The van der Waals surface area contributed by atoms with E-state index in [2.05, 4.69) is 5.32 Å². The van der Waals surface area contributed by atoms with Crippen LogP contribution in [0.2, 0.25) is 0 Å². The Kier molecular flexibility index (Phi) is 3.63. The van der Waals surface area contributed by atoms with E-state index in [9.17, 15) is 9.59 Å². The van der Waals surface area contributed by atoms with Crippen LogP contribution in [0.3, 0.4) is 0 Å². The average Bonchev–Trinajstić information content (AvgIpc) is 2.20. The summed E-state index contributed by atoms with van der Waals surface area (Å²) >= 11 is 0. The molecule has 1 atom stereocenters. The third-order valence-corrected chi connectivity index (χ3v) is 2.16. The van der Waals surface area contributed by atoms with Gasteiger partial charge in [-0.05, 0) is 31.5 Å². The van der Waals surface area contributed by atoms with Crippen LogP contribution >= 0.6 is 0 Å². The minimum Gasteiger partial charge on any atom is -0.478 e. The average molecular weight is 222 g/mol. The predicted octanol–water partition coefficient (Wildman–Crippen LogP) is 0.979. The van der Waals surface area contributed by atoms with E-state index >= 15 is 0 Å². The first-order chi connectivity index (χ1) is 7.41. The van der Waals surface area contributed by atoms with E-state index in [0.717, 1.165) is 5.56 Å². The Morgan fingerprint density at radius 2 is 2.06 bits per heavy atom. The topological polar surface area (TPSA) is 92.4 Å². The van der Waals surface area contributed by atoms with Crippen molar-refractivity contribution in [2.75, 3.05) is 5.32 Å². The Balaban J connectivity index is 2.99. The number of amides is 1. The van der Waals surface area contributed by atoms with E-state index in [0.29, 0.717) is 5.69 Å². The first-order valence-electron chi connectivity index (χ1n) is 4.82. The summed E-state index contributed by atoms with van der Waals surface area (Å²) in [5.74, 6) is -1.37. The summed E-state index contributed by atoms with van der Waals surface area (Å²) < 4.78 is 0. The maximum absolute atomic E-state index is 11.4. The highest BCUT2D eigenvalue weighted by Crippen LogP contribution is 2.17. The molecule has 86 valence electrons. The second-order valence-electron chi connectivity index (χ2n) is 3.61. The van der Waals surface area contributed by atoms with Gasteiger partial charge in [0, 0.05) is 5.69 Å². The maximum Gasteiger partial charge on any atom is 0.335 e. The molecular weight excluding hydrogens is 208 g/mol. The van der Waals surface area contributed by atoms with Crippen molar-refractivity contribution in [1.29, 1.82) is 0 Å². The minimum atomic E-state index is -1.03. The Morgan fingerprint density at radius 3 is 2.56 bits per heavy atom. The molecular formula is C11H14N2O3. The van der Waals surface area contributed by atoms with Gasteiger partial charge in [-0.15, -0.1) is 0 Å². The molecule has 0 aromatic heterocycles. The van der Waals surface area contributed by atoms with Gasteiger partial charge in [0.25, 0.3) is 0 Å². The van der Waals surface area contributed by atoms with Gasteiger partial charge in [-0.3, -0.25) is 4.79 Å². The third kappa shape index (κ3) is 2.80. The molecule has 1 aromatic carbocycles. The lowest BCUT2D eigenvalue weighted by molar-refractivity contribution is -0.117. The molecule has 0 fully saturated rings. The van der Waals surface area contributed by atoms with E-state index in [4.69, 9.17) is 10.8 Å². The van der Waals surface area contributed by atoms with Crippen LogP contribution in [-0.4, -0.2) is 23.0 Å². The summed E-state index contributed by atoms with van der Waals surface area (Å²) in [6, 6.07) is 3.91. The van der Waals surface area contributed by atoms with E-state index in [1.54, 1.807) is 19.9 Å². The van der Waals surface area contributed by atoms with Gasteiger partial charge in [-0.25, -0.2) is 4.79 Å². The summed E-state index contributed by atoms with van der Waals surface area (Å²) in [7, 11) is 0. The smallest absolute Gasteiger partial charge is 0.335 e. The molecule has 0 saturated heterocycles. The van der Waals surface area contributed by atoms with Crippen LogP contribution in [-0.2, 0) is 4.79 Å². The van der Waals surface area contributed by atoms with Crippen molar-refractivity contribution in [3.05, 3.63) is 29.3 Å². The van der Waals surface area contributed by atoms with Crippen molar-refractivity contribution >= 4 is 17.6 Å². The van der Waals surface area contributed by atoms with Gasteiger partial charge in [0.2, 0.25) is 5.91 Å². The molecule has 0 spiro atoms. The summed E-state index contributed by atoms with van der Waals surface area (Å²) in [4.78, 5) is 22.1. The van der Waals surface area contributed by atoms with Crippen molar-refractivity contribution in [3.63, 3.8) is 0 Å². The van der Waals surface area contributed by atoms with E-state index in [1.165, 1.54) is 12.1 Å². The number of carboxylic acids is 1. The van der Waals surface area contributed by atoms with Crippen LogP contribution in [0, 0.1) is 6.92 Å². The number of aryl methyl sites for hydroxylation is 1. The van der Waals surface area contributed by atoms with E-state index in [1.807, 2.05) is 0 Å². The number of nitrogens with two attached hydrogens (primary N) is 1. The SMILES string of the molecule is Cc1ccc(C(=O)O)cc1NC(=O)C(C)N. The third-order valence-electron chi connectivity index (χ3n) is 2.16. The van der Waals surface area contributed by atoms with Crippen LogP contribution in [0.1, 0.15) is 22.8 Å². The first kappa shape index (κ1) is 12.2. The molecule has 5 heteroatoms. The zero-order valence-electron chi connectivity index (χ0n) is 9.15. The number of carboxylic acid groups (broad SMARTS) is 1. The quantitative estimate of drug-likeness (QED) is 0.710. The highest BCUT2D eigenvalue weighted by molar-refractivity contribution is 5.97. The van der Waals surface area contributed by atoms with Gasteiger partial charge in [-0.1, -0.05) is 6.07 Å². The largest absolute Gasteiger partial charge is 0.478 e. The highest BCUT2D eigenvalue weighted by atomic mass is 16.4. The second-order valence-corrected chi connectivity index (χ2v) is 3.61. The predicted molar refractivity (Wildman–Crippen MR) is 60.4 cm³/mol. The van der Waals surface area contributed by atoms with Crippen molar-refractivity contribution in [2.24, 2.45) is 5.73 Å². The van der Waals surface area contributed by atoms with Gasteiger partial charge < -0.3 is 16.2 Å². The first-order valence-corrected chi connectivity index (χ1v) is 4.82. The molecule has 0 aliphatic carbocycles. The Bertz CT molecular complexity index is 427. The number of benzene rings is 1. The molecule has 0 radical (unpaired) electrons. The molecule has 1 rings (SSSR count). The molecule has 0 aliphatic heterocycles. The van der Waals surface area contributed by atoms with E-state index < -0.39 is 12.0 Å². The highest BCUT2D eigenvalue weighted by Gasteiger charge is 2.11. The number of nitrogens with one attached hydrogen (secondary N) is 1. The lowest BCUT2D eigenvalue weighted by Crippen LogP contribution is -2.32. The van der Waals surface area contributed by atoms with Gasteiger partial charge >= 0.3 is 5.97 Å². The lowest BCUT2D eigenvalue weighted by atomic mass is 10.1. The van der Waals surface area contributed by atoms with Crippen molar-refractivity contribution in [3.8, 4) is 0 Å². The standard InChI is InChI=1S/C11H14N2O3/c1-6-3-4-8(11(15)16)5-9(6)13-10(14)7(2)12/h3-5,7H,12H2,1-2H3,(H,13,14)(H,15,16). The van der Waals surface area contributed by atoms with Crippen LogP contribution < -0.4 is 11.1 Å². The van der Waals surface area contributed by atoms with Gasteiger partial charge in [0.15, 0.2) is 0 Å². The van der Waals surface area contributed by atoms with Gasteiger partial charge in [0.1, 0.15) is 0 Å². The number of carbonyl (C=O) groups is 2. The van der Waals surface area contributed by atoms with Gasteiger partial charge in [0.05, 0.1) is 11.6 Å². The number of hydrogen-bond donors (Lipinski definition) is 3. The monoisotopic (exact) mass is 222 g/mol. The van der Waals surface area contributed by atoms with Crippen LogP contribution in [0.25, 0.3) is 0 Å². The molecule has 1 aromatic rings. The molecule has 4 N–H and O–H groups in total. The van der Waals surface area contributed by atoms with Crippen LogP contribution in [0.4, 0.5) is 5.69 Å². The number of anilines is 1. The minimum absolute atomic E-state index is 0.130. The Morgan fingerprint density at radius 1 is 1.44 bits per heavy atom. The molecule has 1 unspecified atom stereocenters. The zero-order chi connectivity index (χ0) is 12.3. The summed E-state index contributed by atoms with van der Waals surface area (Å²) in [6.45, 7) is 3.34. The molecule has 0 heterocycles. The fourth-order valence-corrected chi connectivity index (χ4v) is 1.14. The number of aromatic carboxylic acids is 1.